The highest BCUT2D eigenvalue weighted by atomic mass is 16.5. The molecule has 3 heterocycles. The van der Waals surface area contributed by atoms with Crippen LogP contribution in [-0.4, -0.2) is 114 Å². The number of fused-ring (bicyclic) bond motifs is 1. The second-order valence-electron chi connectivity index (χ2n) is 7.69. The number of β-amino-alcohol motifs (C(OH)–C–C–N with tert-alkyl or cyclic N) is 1. The lowest BCUT2D eigenvalue weighted by atomic mass is 10.1. The molecule has 1 aromatic rings. The van der Waals surface area contributed by atoms with E-state index in [1.807, 2.05) is 35.2 Å². The van der Waals surface area contributed by atoms with Crippen molar-refractivity contribution in [1.82, 2.24) is 19.6 Å². The quantitative estimate of drug-likeness (QED) is 0.726. The number of aliphatic hydroxyl groups is 1. The molecule has 3 unspecified atom stereocenters. The van der Waals surface area contributed by atoms with Crippen molar-refractivity contribution in [1.29, 1.82) is 0 Å². The van der Waals surface area contributed by atoms with Gasteiger partial charge in [-0.15, -0.1) is 0 Å². The van der Waals surface area contributed by atoms with Gasteiger partial charge in [-0.25, -0.2) is 9.79 Å². The van der Waals surface area contributed by atoms with Gasteiger partial charge < -0.3 is 19.6 Å². The first-order valence-electron chi connectivity index (χ1n) is 9.89. The van der Waals surface area contributed by atoms with Crippen LogP contribution in [0.4, 0.5) is 4.79 Å². The molecule has 0 aromatic heterocycles. The number of aliphatic imine (C=N–C) groups is 1. The van der Waals surface area contributed by atoms with Crippen molar-refractivity contribution in [2.75, 3.05) is 53.5 Å². The average Bonchev–Trinajstić information content (AvgIpc) is 3.11. The van der Waals surface area contributed by atoms with Crippen LogP contribution in [0.5, 0.6) is 0 Å². The van der Waals surface area contributed by atoms with Gasteiger partial charge in [-0.3, -0.25) is 14.6 Å². The lowest BCUT2D eigenvalue weighted by Gasteiger charge is -2.41. The molecule has 156 valence electrons. The zero-order valence-corrected chi connectivity index (χ0v) is 16.8. The summed E-state index contributed by atoms with van der Waals surface area (Å²) in [7, 11) is 3.14. The van der Waals surface area contributed by atoms with Crippen molar-refractivity contribution in [2.45, 2.75) is 18.3 Å². The number of carbonyl (C=O) groups is 2. The number of morpholine rings is 1. The average molecular weight is 401 g/mol. The Labute approximate surface area is 170 Å². The van der Waals surface area contributed by atoms with Crippen molar-refractivity contribution in [2.24, 2.45) is 4.99 Å². The van der Waals surface area contributed by atoms with Crippen LogP contribution < -0.4 is 0 Å². The Hall–Kier alpha value is -2.49. The molecule has 0 aliphatic carbocycles. The molecule has 0 bridgehead atoms. The highest BCUT2D eigenvalue weighted by molar-refractivity contribution is 6.08. The van der Waals surface area contributed by atoms with Crippen molar-refractivity contribution in [3.63, 3.8) is 0 Å². The Kier molecular flexibility index (Phi) is 5.53. The molecular weight excluding hydrogens is 374 g/mol. The van der Waals surface area contributed by atoms with Crippen LogP contribution in [0.1, 0.15) is 5.56 Å². The smallest absolute Gasteiger partial charge is 0.328 e. The van der Waals surface area contributed by atoms with Crippen molar-refractivity contribution >= 4 is 17.8 Å². The molecule has 29 heavy (non-hydrogen) atoms. The van der Waals surface area contributed by atoms with Gasteiger partial charge in [0.25, 0.3) is 5.91 Å². The molecule has 3 amide bonds. The number of urea groups is 1. The van der Waals surface area contributed by atoms with E-state index in [9.17, 15) is 14.7 Å². The van der Waals surface area contributed by atoms with Crippen LogP contribution in [0.25, 0.3) is 0 Å². The molecule has 3 aliphatic heterocycles. The minimum absolute atomic E-state index is 0.258. The number of hydrogen-bond donors (Lipinski definition) is 1. The third-order valence-electron chi connectivity index (χ3n) is 5.73. The summed E-state index contributed by atoms with van der Waals surface area (Å²) in [6.45, 7) is 3.64. The largest absolute Gasteiger partial charge is 0.390 e. The first-order valence-corrected chi connectivity index (χ1v) is 9.89. The van der Waals surface area contributed by atoms with Crippen molar-refractivity contribution in [3.8, 4) is 0 Å². The number of nitrogens with zero attached hydrogens (tertiary/aromatic N) is 5. The summed E-state index contributed by atoms with van der Waals surface area (Å²) < 4.78 is 5.37. The van der Waals surface area contributed by atoms with Gasteiger partial charge in [0.2, 0.25) is 0 Å². The highest BCUT2D eigenvalue weighted by Gasteiger charge is 2.51. The molecule has 9 nitrogen and oxygen atoms in total. The Morgan fingerprint density at radius 3 is 2.52 bits per heavy atom. The molecule has 4 rings (SSSR count). The number of aliphatic hydroxyl groups excluding tert-OH is 1. The predicted octanol–water partition coefficient (Wildman–Crippen LogP) is -0.340. The van der Waals surface area contributed by atoms with Crippen LogP contribution in [0, 0.1) is 0 Å². The zero-order valence-electron chi connectivity index (χ0n) is 16.8. The summed E-state index contributed by atoms with van der Waals surface area (Å²) >= 11 is 0. The van der Waals surface area contributed by atoms with Crippen LogP contribution in [0.3, 0.4) is 0 Å². The first kappa shape index (κ1) is 19.8. The molecule has 3 atom stereocenters. The number of benzene rings is 1. The summed E-state index contributed by atoms with van der Waals surface area (Å²) in [6, 6.07) is 8.57. The molecule has 0 saturated carbocycles. The van der Waals surface area contributed by atoms with Crippen LogP contribution in [-0.2, 0) is 9.53 Å². The Morgan fingerprint density at radius 2 is 1.83 bits per heavy atom. The van der Waals surface area contributed by atoms with E-state index in [-0.39, 0.29) is 18.5 Å². The monoisotopic (exact) mass is 401 g/mol. The number of hydrogen-bond acceptors (Lipinski definition) is 7. The normalized spacial score (nSPS) is 26.6. The van der Waals surface area contributed by atoms with E-state index in [0.717, 1.165) is 23.6 Å². The maximum absolute atomic E-state index is 13.0. The van der Waals surface area contributed by atoms with E-state index in [2.05, 4.69) is 4.90 Å². The lowest BCUT2D eigenvalue weighted by Crippen LogP contribution is -2.64. The Morgan fingerprint density at radius 1 is 1.14 bits per heavy atom. The summed E-state index contributed by atoms with van der Waals surface area (Å²) in [4.78, 5) is 36.7. The second-order valence-corrected chi connectivity index (χ2v) is 7.69. The van der Waals surface area contributed by atoms with Gasteiger partial charge in [0.05, 0.1) is 19.3 Å². The maximum Gasteiger partial charge on any atom is 0.328 e. The molecule has 9 heteroatoms. The van der Waals surface area contributed by atoms with Gasteiger partial charge in [-0.1, -0.05) is 30.3 Å². The van der Waals surface area contributed by atoms with E-state index in [1.54, 1.807) is 7.05 Å². The predicted molar refractivity (Wildman–Crippen MR) is 106 cm³/mol. The van der Waals surface area contributed by atoms with Gasteiger partial charge >= 0.3 is 6.03 Å². The Bertz CT molecular complexity index is 795. The van der Waals surface area contributed by atoms with Gasteiger partial charge in [0, 0.05) is 45.8 Å². The number of amides is 3. The number of amidine groups is 1. The van der Waals surface area contributed by atoms with Crippen molar-refractivity contribution < 1.29 is 19.4 Å². The summed E-state index contributed by atoms with van der Waals surface area (Å²) in [6.07, 6.45) is -1.27. The van der Waals surface area contributed by atoms with E-state index >= 15 is 0 Å². The number of ether oxygens (including phenoxy) is 1. The standard InChI is InChI=1S/C20H27N5O4/c1-22-18-16(19(27)23(2)20(22)28)25(17(21-18)14-6-4-3-5-7-14)13-15(26)12-24-8-10-29-11-9-24/h3-7,15-16,18,26H,8-13H2,1-2H3. The molecule has 0 spiro atoms. The van der Waals surface area contributed by atoms with Gasteiger partial charge in [0.1, 0.15) is 5.84 Å². The van der Waals surface area contributed by atoms with E-state index in [1.165, 1.54) is 11.9 Å². The topological polar surface area (TPSA) is 88.9 Å². The van der Waals surface area contributed by atoms with Crippen LogP contribution in [0.15, 0.2) is 35.3 Å². The molecule has 1 N–H and O–H groups in total. The lowest BCUT2D eigenvalue weighted by molar-refractivity contribution is -0.136. The molecule has 0 radical (unpaired) electrons. The van der Waals surface area contributed by atoms with E-state index < -0.39 is 18.3 Å². The molecule has 3 aliphatic rings. The third kappa shape index (κ3) is 3.73. The number of carbonyl (C=O) groups excluding carboxylic acids is 2. The number of likely N-dealkylation sites (N-methyl/N-ethyl adjacent to an activating group) is 2. The van der Waals surface area contributed by atoms with Crippen molar-refractivity contribution in [3.05, 3.63) is 35.9 Å². The minimum atomic E-state index is -0.665. The maximum atomic E-state index is 13.0. The zero-order chi connectivity index (χ0) is 20.5. The second kappa shape index (κ2) is 8.10. The fraction of sp³-hybridized carbons (Fsp3) is 0.550. The summed E-state index contributed by atoms with van der Waals surface area (Å²) in [5, 5.41) is 10.8. The van der Waals surface area contributed by atoms with Gasteiger partial charge in [0.15, 0.2) is 12.2 Å². The van der Waals surface area contributed by atoms with Gasteiger partial charge in [-0.05, 0) is 0 Å². The molecular formula is C20H27N5O4. The van der Waals surface area contributed by atoms with E-state index in [4.69, 9.17) is 9.73 Å². The van der Waals surface area contributed by atoms with E-state index in [0.29, 0.717) is 25.6 Å². The van der Waals surface area contributed by atoms with Crippen LogP contribution >= 0.6 is 0 Å². The first-order chi connectivity index (χ1) is 14.0. The Balaban J connectivity index is 1.60. The molecule has 1 aromatic carbocycles. The number of imide groups is 1. The van der Waals surface area contributed by atoms with Crippen LogP contribution in [0.2, 0.25) is 0 Å². The fourth-order valence-electron chi connectivity index (χ4n) is 4.16. The number of rotatable bonds is 5. The SMILES string of the molecule is CN1C(=O)C2C(N=C(c3ccccc3)N2CC(O)CN2CCOCC2)N(C)C1=O. The van der Waals surface area contributed by atoms with Gasteiger partial charge in [-0.2, -0.15) is 0 Å². The summed E-state index contributed by atoms with van der Waals surface area (Å²) in [5.41, 5.74) is 0.858. The fourth-order valence-corrected chi connectivity index (χ4v) is 4.16. The minimum Gasteiger partial charge on any atom is -0.390 e. The molecule has 2 saturated heterocycles. The highest BCUT2D eigenvalue weighted by Crippen LogP contribution is 2.29. The molecule has 2 fully saturated rings. The third-order valence-corrected chi connectivity index (χ3v) is 5.73. The summed E-state index contributed by atoms with van der Waals surface area (Å²) in [5.74, 6) is 0.330.